The maximum Gasteiger partial charge on any atom is 0.415 e. The Labute approximate surface area is 247 Å². The summed E-state index contributed by atoms with van der Waals surface area (Å²) >= 11 is 12.5. The van der Waals surface area contributed by atoms with Gasteiger partial charge in [0.25, 0.3) is 0 Å². The number of halogens is 3. The van der Waals surface area contributed by atoms with Crippen molar-refractivity contribution in [1.82, 2.24) is 4.90 Å². The smallest absolute Gasteiger partial charge is 0.415 e. The SMILES string of the molecule is COC(=O)c1ccc(OC(=O)N2C[C@@H](CC(C)(C)C)C3(C(=O)Nc4cc(Cl)ccc43)[C@H]2c2cccc(Cl)c2F)cc1. The quantitative estimate of drug-likeness (QED) is 0.316. The van der Waals surface area contributed by atoms with Crippen LogP contribution in [0.2, 0.25) is 10.0 Å². The second-order valence-electron chi connectivity index (χ2n) is 11.6. The van der Waals surface area contributed by atoms with E-state index in [0.717, 1.165) is 0 Å². The van der Waals surface area contributed by atoms with Crippen molar-refractivity contribution in [3.05, 3.63) is 93.2 Å². The zero-order chi connectivity index (χ0) is 29.7. The maximum atomic E-state index is 15.8. The van der Waals surface area contributed by atoms with E-state index in [1.54, 1.807) is 30.3 Å². The molecule has 5 rings (SSSR count). The third-order valence-electron chi connectivity index (χ3n) is 7.71. The van der Waals surface area contributed by atoms with E-state index in [1.807, 2.05) is 0 Å². The lowest BCUT2D eigenvalue weighted by Gasteiger charge is -2.38. The third kappa shape index (κ3) is 5.04. The van der Waals surface area contributed by atoms with Gasteiger partial charge in [0.1, 0.15) is 17.0 Å². The molecule has 0 aromatic heterocycles. The normalized spacial score (nSPS) is 21.5. The Morgan fingerprint density at radius 1 is 1.10 bits per heavy atom. The largest absolute Gasteiger partial charge is 0.465 e. The predicted molar refractivity (Wildman–Crippen MR) is 154 cm³/mol. The van der Waals surface area contributed by atoms with Crippen LogP contribution < -0.4 is 10.1 Å². The zero-order valence-corrected chi connectivity index (χ0v) is 24.5. The number of hydrogen-bond acceptors (Lipinski definition) is 5. The fourth-order valence-corrected chi connectivity index (χ4v) is 6.54. The number of nitrogens with zero attached hydrogens (tertiary/aromatic N) is 1. The molecule has 2 aliphatic rings. The monoisotopic (exact) mass is 598 g/mol. The van der Waals surface area contributed by atoms with Crippen LogP contribution in [0.4, 0.5) is 14.9 Å². The summed E-state index contributed by atoms with van der Waals surface area (Å²) in [5, 5.41) is 3.26. The van der Waals surface area contributed by atoms with Gasteiger partial charge >= 0.3 is 12.1 Å². The molecule has 1 fully saturated rings. The predicted octanol–water partition coefficient (Wildman–Crippen LogP) is 7.42. The van der Waals surface area contributed by atoms with E-state index in [9.17, 15) is 14.4 Å². The maximum absolute atomic E-state index is 15.8. The summed E-state index contributed by atoms with van der Waals surface area (Å²) in [6.07, 6.45) is -0.232. The number of nitrogens with one attached hydrogen (secondary N) is 1. The molecule has 3 aromatic carbocycles. The van der Waals surface area contributed by atoms with Crippen LogP contribution in [-0.4, -0.2) is 36.5 Å². The number of esters is 1. The fraction of sp³-hybridized carbons (Fsp3) is 0.323. The molecular weight excluding hydrogens is 570 g/mol. The second kappa shape index (κ2) is 10.7. The van der Waals surface area contributed by atoms with E-state index >= 15 is 4.39 Å². The number of fused-ring (bicyclic) bond motifs is 2. The molecule has 1 saturated heterocycles. The second-order valence-corrected chi connectivity index (χ2v) is 12.4. The molecule has 0 radical (unpaired) electrons. The Bertz CT molecular complexity index is 1540. The summed E-state index contributed by atoms with van der Waals surface area (Å²) in [5.41, 5.74) is -0.0641. The molecule has 2 heterocycles. The summed E-state index contributed by atoms with van der Waals surface area (Å²) in [6, 6.07) is 14.5. The van der Waals surface area contributed by atoms with Gasteiger partial charge in [0.15, 0.2) is 0 Å². The molecule has 10 heteroatoms. The van der Waals surface area contributed by atoms with Crippen molar-refractivity contribution in [2.75, 3.05) is 19.0 Å². The molecule has 214 valence electrons. The van der Waals surface area contributed by atoms with E-state index in [0.29, 0.717) is 22.7 Å². The van der Waals surface area contributed by atoms with Gasteiger partial charge in [-0.3, -0.25) is 9.69 Å². The minimum absolute atomic E-state index is 0.102. The first-order chi connectivity index (χ1) is 19.4. The number of methoxy groups -OCH3 is 1. The number of benzene rings is 3. The van der Waals surface area contributed by atoms with Gasteiger partial charge < -0.3 is 14.8 Å². The average Bonchev–Trinajstić information content (AvgIpc) is 3.39. The van der Waals surface area contributed by atoms with Crippen LogP contribution in [0, 0.1) is 17.2 Å². The van der Waals surface area contributed by atoms with Crippen molar-refractivity contribution in [2.24, 2.45) is 11.3 Å². The van der Waals surface area contributed by atoms with E-state index in [2.05, 4.69) is 26.1 Å². The Balaban J connectivity index is 1.66. The molecule has 0 bridgehead atoms. The topological polar surface area (TPSA) is 84.9 Å². The molecule has 41 heavy (non-hydrogen) atoms. The van der Waals surface area contributed by atoms with E-state index in [-0.39, 0.29) is 39.8 Å². The van der Waals surface area contributed by atoms with Gasteiger partial charge in [-0.15, -0.1) is 0 Å². The highest BCUT2D eigenvalue weighted by atomic mass is 35.5. The fourth-order valence-electron chi connectivity index (χ4n) is 6.19. The zero-order valence-electron chi connectivity index (χ0n) is 23.0. The van der Waals surface area contributed by atoms with Crippen LogP contribution in [-0.2, 0) is 14.9 Å². The van der Waals surface area contributed by atoms with Gasteiger partial charge in [-0.25, -0.2) is 14.0 Å². The molecule has 0 aliphatic carbocycles. The molecule has 3 aromatic rings. The number of carbonyl (C=O) groups excluding carboxylic acids is 3. The van der Waals surface area contributed by atoms with Gasteiger partial charge in [0, 0.05) is 22.8 Å². The first-order valence-corrected chi connectivity index (χ1v) is 13.8. The number of ether oxygens (including phenoxy) is 2. The van der Waals surface area contributed by atoms with Gasteiger partial charge in [-0.1, -0.05) is 62.2 Å². The van der Waals surface area contributed by atoms with Crippen LogP contribution in [0.5, 0.6) is 5.75 Å². The molecule has 0 saturated carbocycles. The number of amides is 2. The molecular formula is C31H29Cl2FN2O5. The van der Waals surface area contributed by atoms with E-state index in [4.69, 9.17) is 32.7 Å². The van der Waals surface area contributed by atoms with Crippen LogP contribution in [0.15, 0.2) is 60.7 Å². The van der Waals surface area contributed by atoms with Crippen molar-refractivity contribution in [1.29, 1.82) is 0 Å². The van der Waals surface area contributed by atoms with Crippen LogP contribution in [0.3, 0.4) is 0 Å². The number of carbonyl (C=O) groups is 3. The third-order valence-corrected chi connectivity index (χ3v) is 8.23. The van der Waals surface area contributed by atoms with Crippen molar-refractivity contribution < 1.29 is 28.2 Å². The molecule has 3 atom stereocenters. The molecule has 1 unspecified atom stereocenters. The average molecular weight is 599 g/mol. The lowest BCUT2D eigenvalue weighted by molar-refractivity contribution is -0.123. The minimum Gasteiger partial charge on any atom is -0.465 e. The Hall–Kier alpha value is -3.62. The number of rotatable bonds is 4. The molecule has 1 N–H and O–H groups in total. The van der Waals surface area contributed by atoms with Crippen LogP contribution in [0.1, 0.15) is 54.7 Å². The Morgan fingerprint density at radius 2 is 1.80 bits per heavy atom. The standard InChI is InChI=1S/C31H29Cl2FN2O5/c1-30(2,3)15-18-16-36(29(39)41-20-11-8-17(9-12-20)27(37)40-4)26(21-6-5-7-23(33)25(21)34)31(18)22-13-10-19(32)14-24(22)35-28(31)38/h5-14,18,26H,15-16H2,1-4H3,(H,35,38)/t18-,26-,31?/m1/s1. The van der Waals surface area contributed by atoms with Crippen molar-refractivity contribution in [3.63, 3.8) is 0 Å². The highest BCUT2D eigenvalue weighted by Gasteiger charge is 2.65. The van der Waals surface area contributed by atoms with Gasteiger partial charge in [0.05, 0.1) is 23.7 Å². The van der Waals surface area contributed by atoms with Crippen molar-refractivity contribution in [3.8, 4) is 5.75 Å². The minimum atomic E-state index is -1.35. The lowest BCUT2D eigenvalue weighted by Crippen LogP contribution is -2.46. The Morgan fingerprint density at radius 3 is 2.46 bits per heavy atom. The highest BCUT2D eigenvalue weighted by molar-refractivity contribution is 6.31. The van der Waals surface area contributed by atoms with Crippen molar-refractivity contribution in [2.45, 2.75) is 38.6 Å². The highest BCUT2D eigenvalue weighted by Crippen LogP contribution is 2.60. The summed E-state index contributed by atoms with van der Waals surface area (Å²) in [7, 11) is 1.27. The summed E-state index contributed by atoms with van der Waals surface area (Å²) in [4.78, 5) is 41.3. The molecule has 2 aliphatic heterocycles. The summed E-state index contributed by atoms with van der Waals surface area (Å²) in [5.74, 6) is -1.85. The summed E-state index contributed by atoms with van der Waals surface area (Å²) in [6.45, 7) is 6.27. The number of anilines is 1. The molecule has 1 spiro atoms. The molecule has 7 nitrogen and oxygen atoms in total. The number of hydrogen-bond donors (Lipinski definition) is 1. The first kappa shape index (κ1) is 28.9. The van der Waals surface area contributed by atoms with Crippen molar-refractivity contribution >= 4 is 46.9 Å². The first-order valence-electron chi connectivity index (χ1n) is 13.1. The Kier molecular flexibility index (Phi) is 7.51. The van der Waals surface area contributed by atoms with Gasteiger partial charge in [-0.2, -0.15) is 0 Å². The van der Waals surface area contributed by atoms with Crippen LogP contribution in [0.25, 0.3) is 0 Å². The van der Waals surface area contributed by atoms with Gasteiger partial charge in [0.2, 0.25) is 5.91 Å². The summed E-state index contributed by atoms with van der Waals surface area (Å²) < 4.78 is 26.3. The van der Waals surface area contributed by atoms with Gasteiger partial charge in [-0.05, 0) is 65.8 Å². The lowest BCUT2D eigenvalue weighted by atomic mass is 9.63. The van der Waals surface area contributed by atoms with E-state index < -0.39 is 35.3 Å². The number of likely N-dealkylation sites (tertiary alicyclic amines) is 1. The molecule has 2 amide bonds. The van der Waals surface area contributed by atoms with Crippen LogP contribution >= 0.6 is 23.2 Å². The van der Waals surface area contributed by atoms with E-state index in [1.165, 1.54) is 42.3 Å².